The fraction of sp³-hybridized carbons (Fsp3) is 0.500. The van der Waals surface area contributed by atoms with Crippen molar-refractivity contribution in [3.05, 3.63) is 23.8 Å². The van der Waals surface area contributed by atoms with Crippen molar-refractivity contribution in [1.29, 1.82) is 0 Å². The van der Waals surface area contributed by atoms with Crippen molar-refractivity contribution < 1.29 is 14.6 Å². The molecule has 0 saturated carbocycles. The van der Waals surface area contributed by atoms with Gasteiger partial charge in [-0.1, -0.05) is 6.92 Å². The number of aliphatic hydroxyl groups is 1. The maximum Gasteiger partial charge on any atom is 0.256 e. The highest BCUT2D eigenvalue weighted by molar-refractivity contribution is 5.99. The highest BCUT2D eigenvalue weighted by atomic mass is 16.5. The van der Waals surface area contributed by atoms with Crippen LogP contribution in [0.25, 0.3) is 0 Å². The fourth-order valence-electron chi connectivity index (χ4n) is 2.27. The lowest BCUT2D eigenvalue weighted by atomic mass is 9.95. The van der Waals surface area contributed by atoms with Crippen LogP contribution in [-0.4, -0.2) is 42.2 Å². The van der Waals surface area contributed by atoms with Gasteiger partial charge in [0.05, 0.1) is 18.8 Å². The van der Waals surface area contributed by atoms with Gasteiger partial charge in [-0.2, -0.15) is 0 Å². The number of methoxy groups -OCH3 is 1. The van der Waals surface area contributed by atoms with Crippen LogP contribution in [0.3, 0.4) is 0 Å². The van der Waals surface area contributed by atoms with Crippen LogP contribution in [0.1, 0.15) is 23.7 Å². The molecule has 0 radical (unpaired) electrons. The molecule has 3 N–H and O–H groups in total. The van der Waals surface area contributed by atoms with Crippen LogP contribution in [0.15, 0.2) is 18.2 Å². The summed E-state index contributed by atoms with van der Waals surface area (Å²) in [7, 11) is 1.55. The number of amides is 1. The van der Waals surface area contributed by atoms with Gasteiger partial charge < -0.3 is 20.5 Å². The first-order valence-corrected chi connectivity index (χ1v) is 6.43. The topological polar surface area (TPSA) is 75.8 Å². The van der Waals surface area contributed by atoms with E-state index in [1.54, 1.807) is 30.2 Å². The molecule has 104 valence electrons. The SMILES string of the molecule is COc1ccc(C(=O)N2CCC(C)C(O)C2)c(N)c1. The Morgan fingerprint density at radius 1 is 1.53 bits per heavy atom. The van der Waals surface area contributed by atoms with Crippen molar-refractivity contribution in [2.24, 2.45) is 5.92 Å². The average Bonchev–Trinajstić information content (AvgIpc) is 2.41. The number of likely N-dealkylation sites (tertiary alicyclic amines) is 1. The quantitative estimate of drug-likeness (QED) is 0.785. The summed E-state index contributed by atoms with van der Waals surface area (Å²) < 4.78 is 5.06. The van der Waals surface area contributed by atoms with E-state index in [4.69, 9.17) is 10.5 Å². The Hall–Kier alpha value is -1.75. The van der Waals surface area contributed by atoms with Gasteiger partial charge in [-0.15, -0.1) is 0 Å². The van der Waals surface area contributed by atoms with E-state index < -0.39 is 6.10 Å². The van der Waals surface area contributed by atoms with E-state index in [0.29, 0.717) is 30.1 Å². The van der Waals surface area contributed by atoms with Crippen LogP contribution < -0.4 is 10.5 Å². The zero-order chi connectivity index (χ0) is 14.0. The summed E-state index contributed by atoms with van der Waals surface area (Å²) in [6.45, 7) is 3.02. The van der Waals surface area contributed by atoms with Crippen molar-refractivity contribution in [1.82, 2.24) is 4.90 Å². The number of hydrogen-bond acceptors (Lipinski definition) is 4. The van der Waals surface area contributed by atoms with E-state index in [9.17, 15) is 9.90 Å². The van der Waals surface area contributed by atoms with Gasteiger partial charge in [0.1, 0.15) is 5.75 Å². The van der Waals surface area contributed by atoms with E-state index in [1.807, 2.05) is 6.92 Å². The molecular weight excluding hydrogens is 244 g/mol. The largest absolute Gasteiger partial charge is 0.497 e. The first-order chi connectivity index (χ1) is 9.02. The lowest BCUT2D eigenvalue weighted by Gasteiger charge is -2.34. The zero-order valence-corrected chi connectivity index (χ0v) is 11.3. The Morgan fingerprint density at radius 2 is 2.26 bits per heavy atom. The molecule has 0 aromatic heterocycles. The van der Waals surface area contributed by atoms with Crippen LogP contribution in [0, 0.1) is 5.92 Å². The Bertz CT molecular complexity index is 476. The molecule has 1 saturated heterocycles. The molecule has 1 aliphatic heterocycles. The third kappa shape index (κ3) is 2.81. The molecule has 5 heteroatoms. The normalized spacial score (nSPS) is 23.2. The van der Waals surface area contributed by atoms with Crippen molar-refractivity contribution in [3.63, 3.8) is 0 Å². The Labute approximate surface area is 113 Å². The molecule has 1 aliphatic rings. The summed E-state index contributed by atoms with van der Waals surface area (Å²) >= 11 is 0. The number of β-amino-alcohol motifs (C(OH)–C–C–N with tert-alkyl or cyclic N) is 1. The van der Waals surface area contributed by atoms with Gasteiger partial charge >= 0.3 is 0 Å². The summed E-state index contributed by atoms with van der Waals surface area (Å²) in [5.41, 5.74) is 6.74. The number of carbonyl (C=O) groups excluding carboxylic acids is 1. The molecule has 1 aromatic rings. The Kier molecular flexibility index (Phi) is 3.95. The highest BCUT2D eigenvalue weighted by Crippen LogP contribution is 2.24. The second-order valence-corrected chi connectivity index (χ2v) is 5.04. The molecule has 0 spiro atoms. The third-order valence-corrected chi connectivity index (χ3v) is 3.70. The van der Waals surface area contributed by atoms with Gasteiger partial charge in [-0.05, 0) is 24.5 Å². The zero-order valence-electron chi connectivity index (χ0n) is 11.3. The van der Waals surface area contributed by atoms with Crippen molar-refractivity contribution >= 4 is 11.6 Å². The van der Waals surface area contributed by atoms with Crippen LogP contribution in [0.2, 0.25) is 0 Å². The molecule has 1 fully saturated rings. The predicted octanol–water partition coefficient (Wildman–Crippen LogP) is 1.12. The summed E-state index contributed by atoms with van der Waals surface area (Å²) in [5, 5.41) is 9.85. The van der Waals surface area contributed by atoms with Crippen LogP contribution in [0.5, 0.6) is 5.75 Å². The van der Waals surface area contributed by atoms with Gasteiger partial charge in [-0.25, -0.2) is 0 Å². The van der Waals surface area contributed by atoms with E-state index >= 15 is 0 Å². The number of nitrogens with zero attached hydrogens (tertiary/aromatic N) is 1. The monoisotopic (exact) mass is 264 g/mol. The minimum absolute atomic E-state index is 0.133. The van der Waals surface area contributed by atoms with Crippen LogP contribution in [-0.2, 0) is 0 Å². The molecule has 2 rings (SSSR count). The van der Waals surface area contributed by atoms with Gasteiger partial charge in [0.15, 0.2) is 0 Å². The molecule has 0 bridgehead atoms. The third-order valence-electron chi connectivity index (χ3n) is 3.70. The molecule has 19 heavy (non-hydrogen) atoms. The maximum absolute atomic E-state index is 12.4. The average molecular weight is 264 g/mol. The molecule has 5 nitrogen and oxygen atoms in total. The maximum atomic E-state index is 12.4. The van der Waals surface area contributed by atoms with Gasteiger partial charge in [0, 0.05) is 24.8 Å². The predicted molar refractivity (Wildman–Crippen MR) is 73.1 cm³/mol. The summed E-state index contributed by atoms with van der Waals surface area (Å²) in [4.78, 5) is 14.0. The fourth-order valence-corrected chi connectivity index (χ4v) is 2.27. The van der Waals surface area contributed by atoms with Gasteiger partial charge in [-0.3, -0.25) is 4.79 Å². The van der Waals surface area contributed by atoms with Crippen molar-refractivity contribution in [2.45, 2.75) is 19.4 Å². The number of anilines is 1. The Balaban J connectivity index is 2.16. The number of carbonyl (C=O) groups is 1. The molecule has 1 amide bonds. The lowest BCUT2D eigenvalue weighted by Crippen LogP contribution is -2.45. The van der Waals surface area contributed by atoms with E-state index in [0.717, 1.165) is 6.42 Å². The number of rotatable bonds is 2. The number of benzene rings is 1. The molecule has 2 atom stereocenters. The van der Waals surface area contributed by atoms with Crippen molar-refractivity contribution in [3.8, 4) is 5.75 Å². The number of nitrogens with two attached hydrogens (primary N) is 1. The highest BCUT2D eigenvalue weighted by Gasteiger charge is 2.28. The standard InChI is InChI=1S/C14H20N2O3/c1-9-5-6-16(8-13(9)17)14(18)11-4-3-10(19-2)7-12(11)15/h3-4,7,9,13,17H,5-6,8,15H2,1-2H3. The van der Waals surface area contributed by atoms with E-state index in [-0.39, 0.29) is 11.8 Å². The summed E-state index contributed by atoms with van der Waals surface area (Å²) in [6, 6.07) is 5.02. The van der Waals surface area contributed by atoms with Gasteiger partial charge in [0.25, 0.3) is 5.91 Å². The second kappa shape index (κ2) is 5.48. The van der Waals surface area contributed by atoms with Crippen LogP contribution in [0.4, 0.5) is 5.69 Å². The molecule has 2 unspecified atom stereocenters. The number of nitrogen functional groups attached to an aromatic ring is 1. The minimum Gasteiger partial charge on any atom is -0.497 e. The lowest BCUT2D eigenvalue weighted by molar-refractivity contribution is 0.0249. The minimum atomic E-state index is -0.461. The van der Waals surface area contributed by atoms with Crippen LogP contribution >= 0.6 is 0 Å². The molecule has 1 heterocycles. The summed E-state index contributed by atoms with van der Waals surface area (Å²) in [6.07, 6.45) is 0.348. The Morgan fingerprint density at radius 3 is 2.84 bits per heavy atom. The summed E-state index contributed by atoms with van der Waals surface area (Å²) in [5.74, 6) is 0.727. The molecule has 1 aromatic carbocycles. The first-order valence-electron chi connectivity index (χ1n) is 6.43. The smallest absolute Gasteiger partial charge is 0.256 e. The molecular formula is C14H20N2O3. The number of hydrogen-bond donors (Lipinski definition) is 2. The number of aliphatic hydroxyl groups excluding tert-OH is 1. The number of piperidine rings is 1. The molecule has 0 aliphatic carbocycles. The van der Waals surface area contributed by atoms with E-state index in [1.165, 1.54) is 0 Å². The first kappa shape index (κ1) is 13.7. The number of ether oxygens (including phenoxy) is 1. The second-order valence-electron chi connectivity index (χ2n) is 5.04. The van der Waals surface area contributed by atoms with Gasteiger partial charge in [0.2, 0.25) is 0 Å². The van der Waals surface area contributed by atoms with E-state index in [2.05, 4.69) is 0 Å². The van der Waals surface area contributed by atoms with Crippen molar-refractivity contribution in [2.75, 3.05) is 25.9 Å².